The largest absolute Gasteiger partial charge is 0.370 e. The van der Waals surface area contributed by atoms with Gasteiger partial charge in [0.15, 0.2) is 17.9 Å². The lowest BCUT2D eigenvalue weighted by atomic mass is 10.2. The first-order chi connectivity index (χ1) is 14.8. The van der Waals surface area contributed by atoms with Crippen molar-refractivity contribution in [3.63, 3.8) is 0 Å². The van der Waals surface area contributed by atoms with Crippen molar-refractivity contribution in [3.8, 4) is 0 Å². The molecule has 30 heavy (non-hydrogen) atoms. The van der Waals surface area contributed by atoms with E-state index in [9.17, 15) is 0 Å². The third kappa shape index (κ3) is 2.56. The number of nitrogens with zero attached hydrogens (tertiary/aromatic N) is 5. The third-order valence-electron chi connectivity index (χ3n) is 5.44. The van der Waals surface area contributed by atoms with Crippen molar-refractivity contribution in [3.05, 3.63) is 90.3 Å². The maximum Gasteiger partial charge on any atom is 0.212 e. The Morgan fingerprint density at radius 2 is 1.47 bits per heavy atom. The topological polar surface area (TPSA) is 86.0 Å². The van der Waals surface area contributed by atoms with Crippen LogP contribution >= 0.6 is 0 Å². The minimum Gasteiger partial charge on any atom is -0.370 e. The van der Waals surface area contributed by atoms with Gasteiger partial charge in [-0.05, 0) is 29.8 Å². The molecule has 0 spiro atoms. The van der Waals surface area contributed by atoms with Crippen LogP contribution in [-0.2, 0) is 6.54 Å². The molecule has 3 heterocycles. The summed E-state index contributed by atoms with van der Waals surface area (Å²) in [7, 11) is 0. The van der Waals surface area contributed by atoms with Gasteiger partial charge in [-0.2, -0.15) is 0 Å². The van der Waals surface area contributed by atoms with Crippen molar-refractivity contribution >= 4 is 34.0 Å². The van der Waals surface area contributed by atoms with Gasteiger partial charge in [0.05, 0.1) is 22.1 Å². The first-order valence-corrected chi connectivity index (χ1v) is 9.84. The van der Waals surface area contributed by atoms with Crippen molar-refractivity contribution in [2.24, 2.45) is 10.7 Å². The predicted octanol–water partition coefficient (Wildman–Crippen LogP) is 3.72. The molecular formula is C23H19N7. The number of hydrogen-bond acceptors (Lipinski definition) is 5. The molecule has 2 aromatic heterocycles. The number of imidazole rings is 2. The van der Waals surface area contributed by atoms with Gasteiger partial charge < -0.3 is 10.3 Å². The van der Waals surface area contributed by atoms with Gasteiger partial charge in [0.2, 0.25) is 5.95 Å². The zero-order valence-electron chi connectivity index (χ0n) is 16.1. The highest BCUT2D eigenvalue weighted by molar-refractivity contribution is 5.94. The molecule has 0 fully saturated rings. The maximum absolute atomic E-state index is 6.14. The summed E-state index contributed by atoms with van der Waals surface area (Å²) in [5.74, 6) is 1.84. The van der Waals surface area contributed by atoms with Crippen LogP contribution in [0.4, 0.5) is 5.95 Å². The quantitative estimate of drug-likeness (QED) is 0.489. The highest BCUT2D eigenvalue weighted by Crippen LogP contribution is 2.33. The van der Waals surface area contributed by atoms with Gasteiger partial charge in [-0.25, -0.2) is 15.0 Å². The number of aliphatic imine (C=N–C) groups is 1. The molecule has 0 bridgehead atoms. The summed E-state index contributed by atoms with van der Waals surface area (Å²) in [5, 5.41) is 3.09. The Balaban J connectivity index is 1.60. The molecule has 0 saturated heterocycles. The first-order valence-electron chi connectivity index (χ1n) is 9.84. The normalized spacial score (nSPS) is 15.7. The minimum absolute atomic E-state index is 0.334. The molecule has 3 N–H and O–H groups in total. The first kappa shape index (κ1) is 16.8. The third-order valence-corrected chi connectivity index (χ3v) is 5.44. The van der Waals surface area contributed by atoms with Crippen molar-refractivity contribution in [1.29, 1.82) is 0 Å². The molecule has 6 rings (SSSR count). The maximum atomic E-state index is 6.14. The van der Waals surface area contributed by atoms with Gasteiger partial charge in [0, 0.05) is 6.54 Å². The van der Waals surface area contributed by atoms with E-state index in [1.54, 1.807) is 0 Å². The van der Waals surface area contributed by atoms with Crippen molar-refractivity contribution in [2.75, 3.05) is 5.32 Å². The fourth-order valence-electron chi connectivity index (χ4n) is 4.11. The summed E-state index contributed by atoms with van der Waals surface area (Å²) < 4.78 is 4.28. The lowest BCUT2D eigenvalue weighted by Crippen LogP contribution is -2.32. The number of guanidine groups is 1. The summed E-state index contributed by atoms with van der Waals surface area (Å²) in [6.45, 7) is 0.692. The molecule has 5 aromatic rings. The molecule has 0 saturated carbocycles. The Morgan fingerprint density at radius 3 is 2.27 bits per heavy atom. The van der Waals surface area contributed by atoms with Gasteiger partial charge in [0.25, 0.3) is 0 Å². The van der Waals surface area contributed by atoms with Gasteiger partial charge in [-0.15, -0.1) is 0 Å². The molecule has 7 nitrogen and oxygen atoms in total. The van der Waals surface area contributed by atoms with E-state index < -0.39 is 6.17 Å². The lowest BCUT2D eigenvalue weighted by molar-refractivity contribution is 0.558. The van der Waals surface area contributed by atoms with Crippen molar-refractivity contribution in [2.45, 2.75) is 12.7 Å². The van der Waals surface area contributed by atoms with Gasteiger partial charge in [-0.3, -0.25) is 9.88 Å². The van der Waals surface area contributed by atoms with Crippen LogP contribution in [0, 0.1) is 0 Å². The predicted molar refractivity (Wildman–Crippen MR) is 118 cm³/mol. The number of para-hydroxylation sites is 4. The van der Waals surface area contributed by atoms with Crippen molar-refractivity contribution in [1.82, 2.24) is 19.1 Å². The molecular weight excluding hydrogens is 374 g/mol. The molecule has 0 amide bonds. The summed E-state index contributed by atoms with van der Waals surface area (Å²) in [4.78, 5) is 14.4. The Kier molecular flexibility index (Phi) is 3.61. The zero-order valence-corrected chi connectivity index (χ0v) is 16.1. The Labute approximate surface area is 172 Å². The van der Waals surface area contributed by atoms with Crippen LogP contribution in [-0.4, -0.2) is 25.1 Å². The Bertz CT molecular complexity index is 1410. The van der Waals surface area contributed by atoms with E-state index >= 15 is 0 Å². The second kappa shape index (κ2) is 6.45. The van der Waals surface area contributed by atoms with E-state index in [2.05, 4.69) is 44.8 Å². The van der Waals surface area contributed by atoms with E-state index in [0.29, 0.717) is 18.5 Å². The number of anilines is 1. The van der Waals surface area contributed by atoms with E-state index in [-0.39, 0.29) is 0 Å². The molecule has 1 atom stereocenters. The van der Waals surface area contributed by atoms with E-state index in [1.807, 2.05) is 48.5 Å². The van der Waals surface area contributed by atoms with Crippen LogP contribution in [0.25, 0.3) is 22.1 Å². The monoisotopic (exact) mass is 393 g/mol. The van der Waals surface area contributed by atoms with Crippen molar-refractivity contribution < 1.29 is 0 Å². The zero-order chi connectivity index (χ0) is 20.1. The number of benzene rings is 3. The van der Waals surface area contributed by atoms with Crippen LogP contribution in [0.3, 0.4) is 0 Å². The number of fused-ring (bicyclic) bond motifs is 4. The highest BCUT2D eigenvalue weighted by Gasteiger charge is 2.29. The smallest absolute Gasteiger partial charge is 0.212 e. The standard InChI is InChI=1S/C23H19N7/c24-22-27-21(30-19-13-7-5-11-17(19)26-23(30)28-22)20-25-16-10-4-6-12-18(16)29(20)14-15-8-2-1-3-9-15/h1-13,21H,14H2,(H3,24,26,27,28)/t21-/m0/s1. The second-order valence-electron chi connectivity index (χ2n) is 7.34. The van der Waals surface area contributed by atoms with Crippen LogP contribution in [0.5, 0.6) is 0 Å². The molecule has 146 valence electrons. The molecule has 0 unspecified atom stereocenters. The van der Waals surface area contributed by atoms with Gasteiger partial charge in [0.1, 0.15) is 0 Å². The second-order valence-corrected chi connectivity index (χ2v) is 7.34. The van der Waals surface area contributed by atoms with E-state index in [1.165, 1.54) is 5.56 Å². The average molecular weight is 393 g/mol. The van der Waals surface area contributed by atoms with E-state index in [0.717, 1.165) is 27.9 Å². The fourth-order valence-corrected chi connectivity index (χ4v) is 4.11. The van der Waals surface area contributed by atoms with E-state index in [4.69, 9.17) is 20.7 Å². The van der Waals surface area contributed by atoms with Crippen LogP contribution in [0.2, 0.25) is 0 Å². The number of nitrogens with two attached hydrogens (primary N) is 1. The van der Waals surface area contributed by atoms with Gasteiger partial charge in [-0.1, -0.05) is 54.6 Å². The SMILES string of the molecule is NC1=N[C@H](c2nc3ccccc3n2Cc2ccccc2)n2c(nc3ccccc32)N1. The highest BCUT2D eigenvalue weighted by atomic mass is 15.4. The van der Waals surface area contributed by atoms with Crippen LogP contribution in [0.1, 0.15) is 17.6 Å². The summed E-state index contributed by atoms with van der Waals surface area (Å²) in [6, 6.07) is 26.5. The molecule has 3 aromatic carbocycles. The molecule has 1 aliphatic heterocycles. The average Bonchev–Trinajstić information content (AvgIpc) is 3.32. The lowest BCUT2D eigenvalue weighted by Gasteiger charge is -2.24. The molecule has 7 heteroatoms. The van der Waals surface area contributed by atoms with Gasteiger partial charge >= 0.3 is 0 Å². The number of hydrogen-bond donors (Lipinski definition) is 2. The number of aromatic nitrogens is 4. The Morgan fingerprint density at radius 1 is 0.800 bits per heavy atom. The van der Waals surface area contributed by atoms with Crippen LogP contribution in [0.15, 0.2) is 83.9 Å². The fraction of sp³-hybridized carbons (Fsp3) is 0.0870. The van der Waals surface area contributed by atoms with Crippen LogP contribution < -0.4 is 11.1 Å². The number of nitrogens with one attached hydrogen (secondary N) is 1. The molecule has 1 aliphatic rings. The minimum atomic E-state index is -0.412. The molecule has 0 aliphatic carbocycles. The Hall–Kier alpha value is -4.13. The summed E-state index contributed by atoms with van der Waals surface area (Å²) in [6.07, 6.45) is -0.412. The number of rotatable bonds is 3. The summed E-state index contributed by atoms with van der Waals surface area (Å²) >= 11 is 0. The summed E-state index contributed by atoms with van der Waals surface area (Å²) in [5.41, 5.74) is 11.2. The molecule has 0 radical (unpaired) electrons.